The second kappa shape index (κ2) is 5.79. The molecular weight excluding hydrogens is 222 g/mol. The third-order valence-electron chi connectivity index (χ3n) is 4.33. The van der Waals surface area contributed by atoms with E-state index >= 15 is 0 Å². The van der Waals surface area contributed by atoms with Gasteiger partial charge in [0.2, 0.25) is 0 Å². The molecule has 3 heteroatoms. The van der Waals surface area contributed by atoms with Crippen molar-refractivity contribution in [1.82, 2.24) is 15.3 Å². The van der Waals surface area contributed by atoms with Crippen LogP contribution in [-0.2, 0) is 0 Å². The Bertz CT molecular complexity index is 346. The largest absolute Gasteiger partial charge is 0.309 e. The molecule has 0 spiro atoms. The Morgan fingerprint density at radius 2 is 1.83 bits per heavy atom. The molecule has 0 bridgehead atoms. The highest BCUT2D eigenvalue weighted by Gasteiger charge is 2.21. The molecule has 18 heavy (non-hydrogen) atoms. The molecule has 1 unspecified atom stereocenters. The van der Waals surface area contributed by atoms with Crippen LogP contribution in [0.5, 0.6) is 0 Å². The van der Waals surface area contributed by atoms with Gasteiger partial charge < -0.3 is 5.32 Å². The first-order valence-electron chi connectivity index (χ1n) is 7.50. The predicted molar refractivity (Wildman–Crippen MR) is 72.5 cm³/mol. The fourth-order valence-electron chi connectivity index (χ4n) is 3.24. The second-order valence-corrected chi connectivity index (χ2v) is 5.68. The zero-order chi connectivity index (χ0) is 12.2. The van der Waals surface area contributed by atoms with Gasteiger partial charge in [0.15, 0.2) is 0 Å². The van der Waals surface area contributed by atoms with Gasteiger partial charge in [-0.3, -0.25) is 0 Å². The Hall–Kier alpha value is -0.960. The smallest absolute Gasteiger partial charge is 0.131 e. The molecule has 1 atom stereocenters. The summed E-state index contributed by atoms with van der Waals surface area (Å²) in [5.74, 6) is 1.71. The number of nitrogens with one attached hydrogen (secondary N) is 1. The van der Waals surface area contributed by atoms with E-state index in [2.05, 4.69) is 16.4 Å². The molecule has 1 aliphatic heterocycles. The lowest BCUT2D eigenvalue weighted by Crippen LogP contribution is -2.28. The maximum Gasteiger partial charge on any atom is 0.131 e. The van der Waals surface area contributed by atoms with Crippen molar-refractivity contribution < 1.29 is 0 Å². The monoisotopic (exact) mass is 245 g/mol. The molecule has 98 valence electrons. The van der Waals surface area contributed by atoms with Crippen molar-refractivity contribution in [1.29, 1.82) is 0 Å². The lowest BCUT2D eigenvalue weighted by molar-refractivity contribution is 0.396. The Labute approximate surface area is 109 Å². The Kier molecular flexibility index (Phi) is 3.89. The molecule has 0 aromatic carbocycles. The lowest BCUT2D eigenvalue weighted by atomic mass is 9.88. The summed E-state index contributed by atoms with van der Waals surface area (Å²) in [4.78, 5) is 9.37. The van der Waals surface area contributed by atoms with Crippen LogP contribution in [0.15, 0.2) is 12.3 Å². The maximum absolute atomic E-state index is 4.85. The highest BCUT2D eigenvalue weighted by atomic mass is 15.0. The molecule has 2 fully saturated rings. The van der Waals surface area contributed by atoms with E-state index < -0.39 is 0 Å². The number of nitrogens with zero attached hydrogens (tertiary/aromatic N) is 2. The minimum Gasteiger partial charge on any atom is -0.309 e. The van der Waals surface area contributed by atoms with Gasteiger partial charge in [0, 0.05) is 18.2 Å². The van der Waals surface area contributed by atoms with Crippen LogP contribution in [0.4, 0.5) is 0 Å². The molecule has 1 aromatic heterocycles. The van der Waals surface area contributed by atoms with Crippen molar-refractivity contribution in [2.75, 3.05) is 6.54 Å². The molecule has 1 aliphatic carbocycles. The van der Waals surface area contributed by atoms with E-state index in [1.54, 1.807) is 0 Å². The van der Waals surface area contributed by atoms with Gasteiger partial charge in [0.1, 0.15) is 5.82 Å². The Morgan fingerprint density at radius 1 is 1.00 bits per heavy atom. The number of aromatic nitrogens is 2. The molecule has 2 heterocycles. The third kappa shape index (κ3) is 2.72. The quantitative estimate of drug-likeness (QED) is 0.868. The Balaban J connectivity index is 1.75. The van der Waals surface area contributed by atoms with Crippen LogP contribution in [0, 0.1) is 0 Å². The van der Waals surface area contributed by atoms with E-state index in [-0.39, 0.29) is 0 Å². The topological polar surface area (TPSA) is 37.8 Å². The molecule has 3 nitrogen and oxygen atoms in total. The van der Waals surface area contributed by atoms with Crippen LogP contribution in [0.3, 0.4) is 0 Å². The van der Waals surface area contributed by atoms with E-state index in [9.17, 15) is 0 Å². The van der Waals surface area contributed by atoms with Crippen LogP contribution < -0.4 is 5.32 Å². The van der Waals surface area contributed by atoms with Gasteiger partial charge in [-0.05, 0) is 38.3 Å². The summed E-state index contributed by atoms with van der Waals surface area (Å²) in [6, 6.07) is 2.55. The molecule has 3 rings (SSSR count). The van der Waals surface area contributed by atoms with Gasteiger partial charge in [-0.1, -0.05) is 25.7 Å². The summed E-state index contributed by atoms with van der Waals surface area (Å²) in [6.07, 6.45) is 12.4. The van der Waals surface area contributed by atoms with Gasteiger partial charge >= 0.3 is 0 Å². The van der Waals surface area contributed by atoms with E-state index in [4.69, 9.17) is 4.98 Å². The predicted octanol–water partition coefficient (Wildman–Crippen LogP) is 3.34. The first kappa shape index (κ1) is 12.1. The van der Waals surface area contributed by atoms with Crippen molar-refractivity contribution >= 4 is 0 Å². The minimum atomic E-state index is 0.462. The van der Waals surface area contributed by atoms with E-state index in [0.717, 1.165) is 12.4 Å². The summed E-state index contributed by atoms with van der Waals surface area (Å²) in [6.45, 7) is 1.13. The third-order valence-corrected chi connectivity index (χ3v) is 4.33. The van der Waals surface area contributed by atoms with Crippen molar-refractivity contribution in [2.45, 2.75) is 63.3 Å². The average Bonchev–Trinajstić information content (AvgIpc) is 2.49. The molecule has 1 aromatic rings. The summed E-state index contributed by atoms with van der Waals surface area (Å²) in [5.41, 5.74) is 1.21. The zero-order valence-electron chi connectivity index (χ0n) is 11.1. The number of piperidine rings is 1. The highest BCUT2D eigenvalue weighted by Crippen LogP contribution is 2.31. The van der Waals surface area contributed by atoms with Crippen LogP contribution in [0.1, 0.15) is 74.8 Å². The first-order valence-corrected chi connectivity index (χ1v) is 7.50. The SMILES string of the molecule is c1cc(C2CCCCN2)nc(C2CCCCC2)n1. The molecule has 0 amide bonds. The van der Waals surface area contributed by atoms with Crippen molar-refractivity contribution in [3.05, 3.63) is 23.8 Å². The molecule has 1 saturated carbocycles. The Morgan fingerprint density at radius 3 is 2.61 bits per heavy atom. The highest BCUT2D eigenvalue weighted by molar-refractivity contribution is 5.11. The summed E-state index contributed by atoms with van der Waals surface area (Å²) in [7, 11) is 0. The van der Waals surface area contributed by atoms with E-state index in [0.29, 0.717) is 12.0 Å². The number of rotatable bonds is 2. The fourth-order valence-corrected chi connectivity index (χ4v) is 3.24. The van der Waals surface area contributed by atoms with Crippen LogP contribution in [-0.4, -0.2) is 16.5 Å². The van der Waals surface area contributed by atoms with Crippen molar-refractivity contribution in [2.24, 2.45) is 0 Å². The van der Waals surface area contributed by atoms with Gasteiger partial charge in [0.05, 0.1) is 5.69 Å². The van der Waals surface area contributed by atoms with Gasteiger partial charge in [0.25, 0.3) is 0 Å². The van der Waals surface area contributed by atoms with Crippen LogP contribution >= 0.6 is 0 Å². The lowest BCUT2D eigenvalue weighted by Gasteiger charge is -2.25. The minimum absolute atomic E-state index is 0.462. The van der Waals surface area contributed by atoms with Gasteiger partial charge in [-0.15, -0.1) is 0 Å². The van der Waals surface area contributed by atoms with Crippen molar-refractivity contribution in [3.63, 3.8) is 0 Å². The first-order chi connectivity index (χ1) is 8.93. The molecular formula is C15H23N3. The maximum atomic E-state index is 4.85. The normalized spacial score (nSPS) is 26.1. The fraction of sp³-hybridized carbons (Fsp3) is 0.733. The van der Waals surface area contributed by atoms with Gasteiger partial charge in [-0.2, -0.15) is 0 Å². The summed E-state index contributed by atoms with van der Waals surface area (Å²) < 4.78 is 0. The standard InChI is InChI=1S/C15H23N3/c1-2-6-12(7-3-1)15-17-11-9-14(18-15)13-8-4-5-10-16-13/h9,11-13,16H,1-8,10H2. The molecule has 1 N–H and O–H groups in total. The number of hydrogen-bond acceptors (Lipinski definition) is 3. The summed E-state index contributed by atoms with van der Waals surface area (Å²) >= 11 is 0. The summed E-state index contributed by atoms with van der Waals surface area (Å²) in [5, 5.41) is 3.58. The van der Waals surface area contributed by atoms with E-state index in [1.165, 1.54) is 57.1 Å². The van der Waals surface area contributed by atoms with E-state index in [1.807, 2.05) is 6.20 Å². The second-order valence-electron chi connectivity index (χ2n) is 5.68. The van der Waals surface area contributed by atoms with Crippen LogP contribution in [0.2, 0.25) is 0 Å². The van der Waals surface area contributed by atoms with Gasteiger partial charge in [-0.25, -0.2) is 9.97 Å². The molecule has 0 radical (unpaired) electrons. The number of hydrogen-bond donors (Lipinski definition) is 1. The van der Waals surface area contributed by atoms with Crippen LogP contribution in [0.25, 0.3) is 0 Å². The zero-order valence-corrected chi connectivity index (χ0v) is 11.1. The molecule has 1 saturated heterocycles. The van der Waals surface area contributed by atoms with Crippen molar-refractivity contribution in [3.8, 4) is 0 Å². The average molecular weight is 245 g/mol. The molecule has 2 aliphatic rings.